The van der Waals surface area contributed by atoms with Crippen LogP contribution in [-0.4, -0.2) is 29.1 Å². The second kappa shape index (κ2) is 5.64. The molecule has 104 valence electrons. The van der Waals surface area contributed by atoms with Crippen LogP contribution < -0.4 is 0 Å². The maximum absolute atomic E-state index is 10.7. The van der Waals surface area contributed by atoms with Gasteiger partial charge in [0.05, 0.1) is 6.10 Å². The lowest BCUT2D eigenvalue weighted by Gasteiger charge is -2.38. The second-order valence-electron chi connectivity index (χ2n) is 6.19. The molecule has 0 spiro atoms. The largest absolute Gasteiger partial charge is 0.387 e. The van der Waals surface area contributed by atoms with Gasteiger partial charge in [0, 0.05) is 12.6 Å². The van der Waals surface area contributed by atoms with Crippen molar-refractivity contribution in [3.8, 4) is 0 Å². The van der Waals surface area contributed by atoms with Crippen LogP contribution in [0, 0.1) is 5.92 Å². The number of rotatable bonds is 5. The van der Waals surface area contributed by atoms with E-state index in [4.69, 9.17) is 0 Å². The Hall–Kier alpha value is -0.860. The van der Waals surface area contributed by atoms with Crippen LogP contribution in [0.3, 0.4) is 0 Å². The monoisotopic (exact) mass is 259 g/mol. The van der Waals surface area contributed by atoms with E-state index in [0.717, 1.165) is 30.9 Å². The highest BCUT2D eigenvalue weighted by atomic mass is 16.3. The molecule has 2 aliphatic rings. The maximum atomic E-state index is 10.7. The van der Waals surface area contributed by atoms with Gasteiger partial charge in [0.25, 0.3) is 0 Å². The van der Waals surface area contributed by atoms with Crippen molar-refractivity contribution in [1.82, 2.24) is 4.90 Å². The van der Waals surface area contributed by atoms with Crippen molar-refractivity contribution in [2.45, 2.75) is 51.2 Å². The van der Waals surface area contributed by atoms with Crippen molar-refractivity contribution in [2.24, 2.45) is 5.92 Å². The van der Waals surface area contributed by atoms with Crippen LogP contribution in [0.1, 0.15) is 49.8 Å². The molecule has 1 N–H and O–H groups in total. The summed E-state index contributed by atoms with van der Waals surface area (Å²) < 4.78 is 0. The molecule has 0 saturated heterocycles. The summed E-state index contributed by atoms with van der Waals surface area (Å²) in [6.45, 7) is 4.56. The van der Waals surface area contributed by atoms with Gasteiger partial charge in [-0.15, -0.1) is 0 Å². The Kier molecular flexibility index (Phi) is 3.90. The van der Waals surface area contributed by atoms with Gasteiger partial charge in [0.15, 0.2) is 0 Å². The molecule has 0 aromatic heterocycles. The predicted molar refractivity (Wildman–Crippen MR) is 78.1 cm³/mol. The molecule has 0 amide bonds. The molecule has 1 aromatic rings. The quantitative estimate of drug-likeness (QED) is 0.878. The summed E-state index contributed by atoms with van der Waals surface area (Å²) in [5.41, 5.74) is 2.50. The van der Waals surface area contributed by atoms with Gasteiger partial charge in [-0.25, -0.2) is 0 Å². The van der Waals surface area contributed by atoms with Gasteiger partial charge in [0.2, 0.25) is 0 Å². The lowest BCUT2D eigenvalue weighted by atomic mass is 9.85. The van der Waals surface area contributed by atoms with Gasteiger partial charge < -0.3 is 5.11 Å². The number of aliphatic hydroxyl groups excluding tert-OH is 1. The summed E-state index contributed by atoms with van der Waals surface area (Å²) in [4.78, 5) is 2.55. The Balaban J connectivity index is 1.76. The number of hydrogen-bond donors (Lipinski definition) is 1. The highest BCUT2D eigenvalue weighted by Crippen LogP contribution is 2.36. The summed E-state index contributed by atoms with van der Waals surface area (Å²) in [6.07, 6.45) is 5.88. The molecule has 1 fully saturated rings. The molecule has 2 aliphatic carbocycles. The molecule has 0 bridgehead atoms. The molecule has 19 heavy (non-hydrogen) atoms. The highest BCUT2D eigenvalue weighted by Gasteiger charge is 2.34. The zero-order valence-corrected chi connectivity index (χ0v) is 11.9. The summed E-state index contributed by atoms with van der Waals surface area (Å²) in [7, 11) is 0. The van der Waals surface area contributed by atoms with E-state index < -0.39 is 0 Å². The molecular weight excluding hydrogens is 234 g/mol. The van der Waals surface area contributed by atoms with Crippen LogP contribution in [0.15, 0.2) is 24.3 Å². The third kappa shape index (κ3) is 2.85. The molecule has 0 radical (unpaired) electrons. The SMILES string of the molecule is CCCN(CC1CC1)C1CCc2ccccc2C1O. The van der Waals surface area contributed by atoms with Gasteiger partial charge in [-0.1, -0.05) is 31.2 Å². The Morgan fingerprint density at radius 3 is 2.74 bits per heavy atom. The highest BCUT2D eigenvalue weighted by molar-refractivity contribution is 5.32. The molecule has 1 aromatic carbocycles. The van der Waals surface area contributed by atoms with E-state index in [1.807, 2.05) is 0 Å². The number of aliphatic hydroxyl groups is 1. The van der Waals surface area contributed by atoms with E-state index in [1.54, 1.807) is 0 Å². The first-order valence-corrected chi connectivity index (χ1v) is 7.79. The van der Waals surface area contributed by atoms with Crippen molar-refractivity contribution in [1.29, 1.82) is 0 Å². The van der Waals surface area contributed by atoms with Crippen LogP contribution in [0.4, 0.5) is 0 Å². The van der Waals surface area contributed by atoms with Crippen molar-refractivity contribution in [3.05, 3.63) is 35.4 Å². The summed E-state index contributed by atoms with van der Waals surface area (Å²) >= 11 is 0. The fourth-order valence-electron chi connectivity index (χ4n) is 3.41. The van der Waals surface area contributed by atoms with Crippen molar-refractivity contribution < 1.29 is 5.11 Å². The molecule has 2 heteroatoms. The molecule has 2 nitrogen and oxygen atoms in total. The summed E-state index contributed by atoms with van der Waals surface area (Å²) in [5, 5.41) is 10.7. The number of benzene rings is 1. The van der Waals surface area contributed by atoms with Gasteiger partial charge in [-0.05, 0) is 55.7 Å². The Morgan fingerprint density at radius 1 is 1.21 bits per heavy atom. The third-order valence-corrected chi connectivity index (χ3v) is 4.62. The average Bonchev–Trinajstić information content (AvgIpc) is 3.23. The predicted octanol–water partition coefficient (Wildman–Crippen LogP) is 3.16. The minimum atomic E-state index is -0.296. The average molecular weight is 259 g/mol. The van der Waals surface area contributed by atoms with Gasteiger partial charge in [0.1, 0.15) is 0 Å². The van der Waals surface area contributed by atoms with Gasteiger partial charge >= 0.3 is 0 Å². The molecular formula is C17H25NO. The zero-order valence-electron chi connectivity index (χ0n) is 11.9. The standard InChI is InChI=1S/C17H25NO/c1-2-11-18(12-13-7-8-13)16-10-9-14-5-3-4-6-15(14)17(16)19/h3-6,13,16-17,19H,2,7-12H2,1H3. The Labute approximate surface area is 116 Å². The maximum Gasteiger partial charge on any atom is 0.0947 e. The first-order valence-electron chi connectivity index (χ1n) is 7.79. The lowest BCUT2D eigenvalue weighted by Crippen LogP contribution is -2.43. The molecule has 2 unspecified atom stereocenters. The van der Waals surface area contributed by atoms with Crippen molar-refractivity contribution in [3.63, 3.8) is 0 Å². The Bertz CT molecular complexity index is 427. The summed E-state index contributed by atoms with van der Waals surface area (Å²) in [5.74, 6) is 0.899. The molecule has 0 heterocycles. The number of fused-ring (bicyclic) bond motifs is 1. The molecule has 0 aliphatic heterocycles. The lowest BCUT2D eigenvalue weighted by molar-refractivity contribution is 0.0332. The van der Waals surface area contributed by atoms with Gasteiger partial charge in [-0.3, -0.25) is 4.90 Å². The van der Waals surface area contributed by atoms with Crippen molar-refractivity contribution >= 4 is 0 Å². The fourth-order valence-corrected chi connectivity index (χ4v) is 3.41. The van der Waals surface area contributed by atoms with Crippen LogP contribution in [0.2, 0.25) is 0 Å². The first kappa shape index (κ1) is 13.1. The normalized spacial score (nSPS) is 26.5. The van der Waals surface area contributed by atoms with Crippen molar-refractivity contribution in [2.75, 3.05) is 13.1 Å². The van der Waals surface area contributed by atoms with Crippen LogP contribution in [0.5, 0.6) is 0 Å². The topological polar surface area (TPSA) is 23.5 Å². The fraction of sp³-hybridized carbons (Fsp3) is 0.647. The van der Waals surface area contributed by atoms with Crippen LogP contribution in [0.25, 0.3) is 0 Å². The van der Waals surface area contributed by atoms with E-state index in [2.05, 4.69) is 36.1 Å². The molecule has 3 rings (SSSR count). The minimum absolute atomic E-state index is 0.296. The second-order valence-corrected chi connectivity index (χ2v) is 6.19. The number of hydrogen-bond acceptors (Lipinski definition) is 2. The summed E-state index contributed by atoms with van der Waals surface area (Å²) in [6, 6.07) is 8.73. The van der Waals surface area contributed by atoms with E-state index in [9.17, 15) is 5.11 Å². The smallest absolute Gasteiger partial charge is 0.0947 e. The minimum Gasteiger partial charge on any atom is -0.387 e. The molecule has 1 saturated carbocycles. The van der Waals surface area contributed by atoms with E-state index >= 15 is 0 Å². The molecule has 2 atom stereocenters. The zero-order chi connectivity index (χ0) is 13.2. The van der Waals surface area contributed by atoms with Crippen LogP contribution in [-0.2, 0) is 6.42 Å². The van der Waals surface area contributed by atoms with Gasteiger partial charge in [-0.2, -0.15) is 0 Å². The van der Waals surface area contributed by atoms with E-state index in [0.29, 0.717) is 6.04 Å². The first-order chi connectivity index (χ1) is 9.29. The number of aryl methyl sites for hydroxylation is 1. The van der Waals surface area contributed by atoms with E-state index in [-0.39, 0.29) is 6.10 Å². The Morgan fingerprint density at radius 2 is 2.00 bits per heavy atom. The van der Waals surface area contributed by atoms with Crippen LogP contribution >= 0.6 is 0 Å². The third-order valence-electron chi connectivity index (χ3n) is 4.62. The van der Waals surface area contributed by atoms with E-state index in [1.165, 1.54) is 31.4 Å². The number of nitrogens with zero attached hydrogens (tertiary/aromatic N) is 1.